The summed E-state index contributed by atoms with van der Waals surface area (Å²) >= 11 is 0. The summed E-state index contributed by atoms with van der Waals surface area (Å²) < 4.78 is 0. The van der Waals surface area contributed by atoms with Crippen LogP contribution in [0.2, 0.25) is 0 Å². The number of hydrogen-bond acceptors (Lipinski definition) is 2. The second kappa shape index (κ2) is 8.17. The van der Waals surface area contributed by atoms with Gasteiger partial charge in [-0.1, -0.05) is 46.0 Å². The van der Waals surface area contributed by atoms with E-state index < -0.39 is 0 Å². The second-order valence-corrected chi connectivity index (χ2v) is 7.39. The molecule has 0 radical (unpaired) electrons. The van der Waals surface area contributed by atoms with Gasteiger partial charge in [0.05, 0.1) is 6.54 Å². The van der Waals surface area contributed by atoms with Crippen LogP contribution in [0.1, 0.15) is 78.1 Å². The van der Waals surface area contributed by atoms with Gasteiger partial charge in [-0.2, -0.15) is 0 Å². The lowest BCUT2D eigenvalue weighted by molar-refractivity contribution is -0.125. The third-order valence-corrected chi connectivity index (χ3v) is 5.25. The van der Waals surface area contributed by atoms with Crippen LogP contribution in [0.25, 0.3) is 0 Å². The van der Waals surface area contributed by atoms with E-state index in [0.717, 1.165) is 31.8 Å². The Balaban J connectivity index is 1.86. The smallest absolute Gasteiger partial charge is 0.149 e. The SMILES string of the molecule is CC(C)CCN(CC(=O)C1CCCCC1)C1CCCC1. The van der Waals surface area contributed by atoms with Crippen molar-refractivity contribution >= 4 is 5.78 Å². The summed E-state index contributed by atoms with van der Waals surface area (Å²) in [5.41, 5.74) is 0. The first-order valence-electron chi connectivity index (χ1n) is 8.93. The maximum Gasteiger partial charge on any atom is 0.149 e. The summed E-state index contributed by atoms with van der Waals surface area (Å²) in [4.78, 5) is 15.1. The average molecular weight is 279 g/mol. The minimum absolute atomic E-state index is 0.381. The van der Waals surface area contributed by atoms with E-state index in [9.17, 15) is 4.79 Å². The molecule has 2 aliphatic rings. The molecule has 116 valence electrons. The minimum atomic E-state index is 0.381. The molecule has 2 heteroatoms. The second-order valence-electron chi connectivity index (χ2n) is 7.39. The Morgan fingerprint density at radius 1 is 1.00 bits per heavy atom. The molecule has 0 aromatic rings. The summed E-state index contributed by atoms with van der Waals surface area (Å²) in [5, 5.41) is 0. The highest BCUT2D eigenvalue weighted by atomic mass is 16.1. The van der Waals surface area contributed by atoms with Crippen molar-refractivity contribution in [1.29, 1.82) is 0 Å². The molecule has 2 saturated carbocycles. The topological polar surface area (TPSA) is 20.3 Å². The quantitative estimate of drug-likeness (QED) is 0.687. The standard InChI is InChI=1S/C18H33NO/c1-15(2)12-13-19(17-10-6-7-11-17)14-18(20)16-8-4-3-5-9-16/h15-17H,3-14H2,1-2H3. The molecule has 0 bridgehead atoms. The van der Waals surface area contributed by atoms with Gasteiger partial charge >= 0.3 is 0 Å². The zero-order chi connectivity index (χ0) is 14.4. The van der Waals surface area contributed by atoms with Crippen molar-refractivity contribution < 1.29 is 4.79 Å². The van der Waals surface area contributed by atoms with Gasteiger partial charge in [0.1, 0.15) is 5.78 Å². The lowest BCUT2D eigenvalue weighted by atomic mass is 9.86. The molecule has 0 unspecified atom stereocenters. The Morgan fingerprint density at radius 2 is 1.60 bits per heavy atom. The number of carbonyl (C=O) groups excluding carboxylic acids is 1. The first-order chi connectivity index (χ1) is 9.66. The van der Waals surface area contributed by atoms with E-state index in [2.05, 4.69) is 18.7 Å². The van der Waals surface area contributed by atoms with Gasteiger partial charge in [-0.05, 0) is 44.6 Å². The Morgan fingerprint density at radius 3 is 2.20 bits per heavy atom. The van der Waals surface area contributed by atoms with Crippen LogP contribution < -0.4 is 0 Å². The van der Waals surface area contributed by atoms with Crippen LogP contribution in [0.3, 0.4) is 0 Å². The molecule has 2 rings (SSSR count). The van der Waals surface area contributed by atoms with E-state index in [0.29, 0.717) is 17.7 Å². The molecular formula is C18H33NO. The van der Waals surface area contributed by atoms with Crippen molar-refractivity contribution in [3.8, 4) is 0 Å². The summed E-state index contributed by atoms with van der Waals surface area (Å²) in [5.74, 6) is 1.66. The maximum atomic E-state index is 12.6. The van der Waals surface area contributed by atoms with Crippen LogP contribution in [0.4, 0.5) is 0 Å². The Labute approximate surface area is 125 Å². The molecule has 2 aliphatic carbocycles. The zero-order valence-corrected chi connectivity index (χ0v) is 13.6. The van der Waals surface area contributed by atoms with E-state index in [1.165, 1.54) is 51.4 Å². The highest BCUT2D eigenvalue weighted by Gasteiger charge is 2.27. The van der Waals surface area contributed by atoms with Crippen LogP contribution in [0.5, 0.6) is 0 Å². The fraction of sp³-hybridized carbons (Fsp3) is 0.944. The summed E-state index contributed by atoms with van der Waals surface area (Å²) in [6.45, 7) is 6.44. The van der Waals surface area contributed by atoms with Crippen LogP contribution in [0.15, 0.2) is 0 Å². The van der Waals surface area contributed by atoms with E-state index in [1.54, 1.807) is 0 Å². The summed E-state index contributed by atoms with van der Waals surface area (Å²) in [6, 6.07) is 0.696. The molecule has 0 spiro atoms. The van der Waals surface area contributed by atoms with E-state index in [4.69, 9.17) is 0 Å². The molecule has 0 N–H and O–H groups in total. The minimum Gasteiger partial charge on any atom is -0.298 e. The van der Waals surface area contributed by atoms with Gasteiger partial charge in [0.15, 0.2) is 0 Å². The Bertz CT molecular complexity index is 288. The molecule has 0 heterocycles. The van der Waals surface area contributed by atoms with Gasteiger partial charge < -0.3 is 0 Å². The van der Waals surface area contributed by atoms with Gasteiger partial charge in [-0.3, -0.25) is 9.69 Å². The number of Topliss-reactive ketones (excluding diaryl/α,β-unsaturated/α-hetero) is 1. The number of nitrogens with zero attached hydrogens (tertiary/aromatic N) is 1. The molecule has 0 aromatic heterocycles. The molecule has 0 amide bonds. The first kappa shape index (κ1) is 16.0. The fourth-order valence-electron chi connectivity index (χ4n) is 3.84. The molecule has 0 saturated heterocycles. The van der Waals surface area contributed by atoms with Crippen molar-refractivity contribution in [2.75, 3.05) is 13.1 Å². The molecule has 20 heavy (non-hydrogen) atoms. The molecule has 2 nitrogen and oxygen atoms in total. The van der Waals surface area contributed by atoms with Crippen LogP contribution in [-0.2, 0) is 4.79 Å². The first-order valence-corrected chi connectivity index (χ1v) is 8.93. The van der Waals surface area contributed by atoms with Crippen LogP contribution in [0, 0.1) is 11.8 Å². The Hall–Kier alpha value is -0.370. The van der Waals surface area contributed by atoms with Gasteiger partial charge in [0.2, 0.25) is 0 Å². The highest BCUT2D eigenvalue weighted by molar-refractivity contribution is 5.83. The monoisotopic (exact) mass is 279 g/mol. The molecular weight excluding hydrogens is 246 g/mol. The normalized spacial score (nSPS) is 22.0. The lowest BCUT2D eigenvalue weighted by Crippen LogP contribution is -2.40. The van der Waals surface area contributed by atoms with Crippen molar-refractivity contribution in [1.82, 2.24) is 4.90 Å². The summed E-state index contributed by atoms with van der Waals surface area (Å²) in [7, 11) is 0. The third kappa shape index (κ3) is 4.87. The number of rotatable bonds is 7. The predicted octanol–water partition coefficient (Wildman–Crippen LogP) is 4.43. The van der Waals surface area contributed by atoms with Crippen LogP contribution >= 0.6 is 0 Å². The zero-order valence-electron chi connectivity index (χ0n) is 13.6. The predicted molar refractivity (Wildman–Crippen MR) is 84.9 cm³/mol. The van der Waals surface area contributed by atoms with E-state index in [1.807, 2.05) is 0 Å². The number of carbonyl (C=O) groups is 1. The van der Waals surface area contributed by atoms with E-state index in [-0.39, 0.29) is 0 Å². The summed E-state index contributed by atoms with van der Waals surface area (Å²) in [6.07, 6.45) is 12.8. The third-order valence-electron chi connectivity index (χ3n) is 5.25. The van der Waals surface area contributed by atoms with Gasteiger partial charge in [0.25, 0.3) is 0 Å². The highest BCUT2D eigenvalue weighted by Crippen LogP contribution is 2.27. The van der Waals surface area contributed by atoms with Crippen molar-refractivity contribution in [2.24, 2.45) is 11.8 Å². The van der Waals surface area contributed by atoms with E-state index >= 15 is 0 Å². The Kier molecular flexibility index (Phi) is 6.54. The van der Waals surface area contributed by atoms with Gasteiger partial charge in [-0.25, -0.2) is 0 Å². The van der Waals surface area contributed by atoms with Gasteiger partial charge in [0, 0.05) is 12.0 Å². The van der Waals surface area contributed by atoms with Crippen molar-refractivity contribution in [2.45, 2.75) is 84.1 Å². The number of hydrogen-bond donors (Lipinski definition) is 0. The van der Waals surface area contributed by atoms with Crippen molar-refractivity contribution in [3.05, 3.63) is 0 Å². The average Bonchev–Trinajstić information content (AvgIpc) is 2.98. The molecule has 0 aliphatic heterocycles. The largest absolute Gasteiger partial charge is 0.298 e. The maximum absolute atomic E-state index is 12.6. The van der Waals surface area contributed by atoms with Crippen molar-refractivity contribution in [3.63, 3.8) is 0 Å². The lowest BCUT2D eigenvalue weighted by Gasteiger charge is -2.31. The molecule has 0 aromatic carbocycles. The van der Waals surface area contributed by atoms with Gasteiger partial charge in [-0.15, -0.1) is 0 Å². The fourth-order valence-corrected chi connectivity index (χ4v) is 3.84. The molecule has 2 fully saturated rings. The van der Waals surface area contributed by atoms with Crippen LogP contribution in [-0.4, -0.2) is 29.8 Å². The molecule has 0 atom stereocenters. The number of ketones is 1.